The average molecular weight is 356 g/mol. The number of fused-ring (bicyclic) bond motifs is 1. The third-order valence-corrected chi connectivity index (χ3v) is 5.80. The zero-order valence-corrected chi connectivity index (χ0v) is 14.9. The van der Waals surface area contributed by atoms with Crippen molar-refractivity contribution in [2.24, 2.45) is 0 Å². The average Bonchev–Trinajstić information content (AvgIpc) is 3.19. The van der Waals surface area contributed by atoms with Crippen LogP contribution in [0.4, 0.5) is 5.00 Å². The zero-order chi connectivity index (χ0) is 17.1. The van der Waals surface area contributed by atoms with E-state index >= 15 is 0 Å². The van der Waals surface area contributed by atoms with E-state index < -0.39 is 0 Å². The summed E-state index contributed by atoms with van der Waals surface area (Å²) < 4.78 is 1.15. The molecule has 0 saturated carbocycles. The van der Waals surface area contributed by atoms with E-state index in [0.717, 1.165) is 15.2 Å². The van der Waals surface area contributed by atoms with Gasteiger partial charge in [0.2, 0.25) is 5.91 Å². The lowest BCUT2D eigenvalue weighted by Crippen LogP contribution is -2.32. The van der Waals surface area contributed by atoms with Gasteiger partial charge >= 0.3 is 0 Å². The van der Waals surface area contributed by atoms with Crippen molar-refractivity contribution in [2.75, 3.05) is 18.9 Å². The molecule has 3 aromatic rings. The van der Waals surface area contributed by atoms with Crippen LogP contribution in [0.1, 0.15) is 23.5 Å². The molecule has 0 saturated heterocycles. The maximum atomic E-state index is 12.2. The van der Waals surface area contributed by atoms with Gasteiger partial charge < -0.3 is 5.32 Å². The molecule has 7 heteroatoms. The number of thiazole rings is 1. The van der Waals surface area contributed by atoms with Gasteiger partial charge in [0.1, 0.15) is 16.1 Å². The van der Waals surface area contributed by atoms with Crippen molar-refractivity contribution < 1.29 is 4.79 Å². The van der Waals surface area contributed by atoms with Crippen molar-refractivity contribution in [3.05, 3.63) is 46.3 Å². The highest BCUT2D eigenvalue weighted by Crippen LogP contribution is 2.29. The fraction of sp³-hybridized carbons (Fsp3) is 0.235. The van der Waals surface area contributed by atoms with Gasteiger partial charge in [0.25, 0.3) is 0 Å². The second-order valence-electron chi connectivity index (χ2n) is 5.43. The molecule has 24 heavy (non-hydrogen) atoms. The minimum atomic E-state index is -0.135. The molecule has 0 aliphatic carbocycles. The number of nitrogens with zero attached hydrogens (tertiary/aromatic N) is 3. The van der Waals surface area contributed by atoms with Crippen LogP contribution in [0.15, 0.2) is 35.7 Å². The Bertz CT molecular complexity index is 876. The molecule has 0 fully saturated rings. The predicted octanol–water partition coefficient (Wildman–Crippen LogP) is 3.86. The van der Waals surface area contributed by atoms with Crippen molar-refractivity contribution >= 4 is 43.8 Å². The minimum Gasteiger partial charge on any atom is -0.315 e. The Labute approximate surface area is 148 Å². The number of likely N-dealkylation sites (N-methyl/N-ethyl adjacent to an activating group) is 1. The molecule has 5 nitrogen and oxygen atoms in total. The van der Waals surface area contributed by atoms with Crippen LogP contribution in [0, 0.1) is 11.3 Å². The summed E-state index contributed by atoms with van der Waals surface area (Å²) in [5.74, 6) is -0.135. The highest BCUT2D eigenvalue weighted by molar-refractivity contribution is 7.18. The van der Waals surface area contributed by atoms with Gasteiger partial charge in [-0.2, -0.15) is 5.26 Å². The van der Waals surface area contributed by atoms with Crippen LogP contribution in [-0.4, -0.2) is 29.4 Å². The van der Waals surface area contributed by atoms with Crippen LogP contribution >= 0.6 is 22.7 Å². The van der Waals surface area contributed by atoms with E-state index in [1.54, 1.807) is 22.8 Å². The highest BCUT2D eigenvalue weighted by Gasteiger charge is 2.19. The molecule has 1 aromatic carbocycles. The van der Waals surface area contributed by atoms with E-state index in [1.807, 2.05) is 37.1 Å². The molecule has 3 rings (SSSR count). The summed E-state index contributed by atoms with van der Waals surface area (Å²) in [5.41, 5.74) is 1.48. The van der Waals surface area contributed by atoms with Crippen molar-refractivity contribution in [3.8, 4) is 6.07 Å². The summed E-state index contributed by atoms with van der Waals surface area (Å²) in [5, 5.41) is 15.2. The lowest BCUT2D eigenvalue weighted by Gasteiger charge is -2.22. The Morgan fingerprint density at radius 3 is 2.96 bits per heavy atom. The molecule has 0 spiro atoms. The van der Waals surface area contributed by atoms with Crippen molar-refractivity contribution in [1.82, 2.24) is 9.88 Å². The normalized spacial score (nSPS) is 12.2. The minimum absolute atomic E-state index is 0.0342. The fourth-order valence-electron chi connectivity index (χ4n) is 2.28. The maximum absolute atomic E-state index is 12.2. The third-order valence-electron chi connectivity index (χ3n) is 3.76. The molecule has 122 valence electrons. The standard InChI is InChI=1S/C17H16N4OS2/c1-11(16-19-13-5-3-4-6-14(13)24-16)21(2)10-15(22)20-17-12(9-18)7-8-23-17/h3-8,11H,10H2,1-2H3,(H,20,22)/t11-/m1/s1. The van der Waals surface area contributed by atoms with Crippen molar-refractivity contribution in [1.29, 1.82) is 5.26 Å². The Kier molecular flexibility index (Phi) is 4.90. The van der Waals surface area contributed by atoms with Crippen LogP contribution in [0.25, 0.3) is 10.2 Å². The van der Waals surface area contributed by atoms with Gasteiger partial charge in [-0.25, -0.2) is 4.98 Å². The first-order valence-corrected chi connectivity index (χ1v) is 9.11. The number of aromatic nitrogens is 1. The third kappa shape index (κ3) is 3.46. The summed E-state index contributed by atoms with van der Waals surface area (Å²) in [6.45, 7) is 2.27. The summed E-state index contributed by atoms with van der Waals surface area (Å²) >= 11 is 3.00. The molecule has 0 aliphatic rings. The van der Waals surface area contributed by atoms with E-state index in [9.17, 15) is 4.79 Å². The predicted molar refractivity (Wildman–Crippen MR) is 98.3 cm³/mol. The van der Waals surface area contributed by atoms with E-state index in [-0.39, 0.29) is 18.5 Å². The smallest absolute Gasteiger partial charge is 0.239 e. The number of hydrogen-bond donors (Lipinski definition) is 1. The quantitative estimate of drug-likeness (QED) is 0.754. The molecule has 1 atom stereocenters. The van der Waals surface area contributed by atoms with Crippen LogP contribution < -0.4 is 5.32 Å². The largest absolute Gasteiger partial charge is 0.315 e. The number of anilines is 1. The fourth-order valence-corrected chi connectivity index (χ4v) is 4.12. The van der Waals surface area contributed by atoms with Gasteiger partial charge in [-0.1, -0.05) is 12.1 Å². The van der Waals surface area contributed by atoms with E-state index in [0.29, 0.717) is 10.6 Å². The first kappa shape index (κ1) is 16.6. The Hall–Kier alpha value is -2.27. The van der Waals surface area contributed by atoms with Crippen LogP contribution in [-0.2, 0) is 4.79 Å². The summed E-state index contributed by atoms with van der Waals surface area (Å²) in [6, 6.07) is 11.8. The van der Waals surface area contributed by atoms with Crippen molar-refractivity contribution in [2.45, 2.75) is 13.0 Å². The van der Waals surface area contributed by atoms with Gasteiger partial charge in [0, 0.05) is 0 Å². The van der Waals surface area contributed by atoms with Gasteiger partial charge in [-0.3, -0.25) is 9.69 Å². The number of rotatable bonds is 5. The first-order chi connectivity index (χ1) is 11.6. The van der Waals surface area contributed by atoms with Gasteiger partial charge in [0.15, 0.2) is 0 Å². The molecule has 0 aliphatic heterocycles. The maximum Gasteiger partial charge on any atom is 0.239 e. The summed E-state index contributed by atoms with van der Waals surface area (Å²) in [4.78, 5) is 18.8. The summed E-state index contributed by atoms with van der Waals surface area (Å²) in [6.07, 6.45) is 0. The number of para-hydroxylation sites is 1. The monoisotopic (exact) mass is 356 g/mol. The number of carbonyl (C=O) groups excluding carboxylic acids is 1. The Morgan fingerprint density at radius 2 is 2.21 bits per heavy atom. The van der Waals surface area contributed by atoms with E-state index in [1.165, 1.54) is 11.3 Å². The molecule has 0 unspecified atom stereocenters. The Balaban J connectivity index is 1.66. The second-order valence-corrected chi connectivity index (χ2v) is 7.41. The van der Waals surface area contributed by atoms with Gasteiger partial charge in [0.05, 0.1) is 28.4 Å². The van der Waals surface area contributed by atoms with Gasteiger partial charge in [-0.15, -0.1) is 22.7 Å². The number of hydrogen-bond acceptors (Lipinski definition) is 6. The zero-order valence-electron chi connectivity index (χ0n) is 13.3. The van der Waals surface area contributed by atoms with Crippen LogP contribution in [0.2, 0.25) is 0 Å². The number of amides is 1. The van der Waals surface area contributed by atoms with Gasteiger partial charge in [-0.05, 0) is 37.6 Å². The second kappa shape index (κ2) is 7.09. The van der Waals surface area contributed by atoms with Crippen LogP contribution in [0.5, 0.6) is 0 Å². The number of carbonyl (C=O) groups is 1. The number of nitriles is 1. The molecule has 1 amide bonds. The van der Waals surface area contributed by atoms with E-state index in [2.05, 4.69) is 22.4 Å². The molecule has 2 aromatic heterocycles. The van der Waals surface area contributed by atoms with Crippen LogP contribution in [0.3, 0.4) is 0 Å². The topological polar surface area (TPSA) is 69.0 Å². The molecule has 0 bridgehead atoms. The molecular formula is C17H16N4OS2. The lowest BCUT2D eigenvalue weighted by atomic mass is 10.3. The highest BCUT2D eigenvalue weighted by atomic mass is 32.1. The molecule has 2 heterocycles. The van der Waals surface area contributed by atoms with E-state index in [4.69, 9.17) is 5.26 Å². The molecule has 0 radical (unpaired) electrons. The summed E-state index contributed by atoms with van der Waals surface area (Å²) in [7, 11) is 1.90. The lowest BCUT2D eigenvalue weighted by molar-refractivity contribution is -0.117. The van der Waals surface area contributed by atoms with Crippen molar-refractivity contribution in [3.63, 3.8) is 0 Å². The number of thiophene rings is 1. The molecule has 1 N–H and O–H groups in total. The number of nitrogens with one attached hydrogen (secondary N) is 1. The SMILES string of the molecule is C[C@H](c1nc2ccccc2s1)N(C)CC(=O)Nc1sccc1C#N. The first-order valence-electron chi connectivity index (χ1n) is 7.41. The Morgan fingerprint density at radius 1 is 1.42 bits per heavy atom. The molecular weight excluding hydrogens is 340 g/mol. The number of benzene rings is 1.